The first-order valence-electron chi connectivity index (χ1n) is 7.03. The third-order valence-corrected chi connectivity index (χ3v) is 4.00. The normalized spacial score (nSPS) is 15.7. The molecule has 19 heavy (non-hydrogen) atoms. The van der Waals surface area contributed by atoms with Gasteiger partial charge < -0.3 is 9.30 Å². The zero-order chi connectivity index (χ0) is 13.2. The molecule has 0 saturated heterocycles. The predicted octanol–water partition coefficient (Wildman–Crippen LogP) is 3.94. The van der Waals surface area contributed by atoms with Crippen LogP contribution in [0.25, 0.3) is 11.0 Å². The number of rotatable bonds is 5. The number of hydrogen-bond donors (Lipinski definition) is 0. The monoisotopic (exact) mass is 278 g/mol. The number of benzene rings is 1. The summed E-state index contributed by atoms with van der Waals surface area (Å²) >= 11 is 5.92. The smallest absolute Gasteiger partial charge is 0.147 e. The largest absolute Gasteiger partial charge is 0.492 e. The van der Waals surface area contributed by atoms with E-state index in [-0.39, 0.29) is 0 Å². The maximum absolute atomic E-state index is 5.92. The number of imidazole rings is 1. The van der Waals surface area contributed by atoms with Crippen molar-refractivity contribution in [2.75, 3.05) is 12.5 Å². The molecule has 1 saturated carbocycles. The van der Waals surface area contributed by atoms with E-state index in [1.165, 1.54) is 24.8 Å². The lowest BCUT2D eigenvalue weighted by atomic mass is 9.92. The highest BCUT2D eigenvalue weighted by Gasteiger charge is 2.25. The summed E-state index contributed by atoms with van der Waals surface area (Å²) < 4.78 is 8.07. The summed E-state index contributed by atoms with van der Waals surface area (Å²) in [7, 11) is 0. The minimum Gasteiger partial charge on any atom is -0.492 e. The Hall–Kier alpha value is -1.22. The van der Waals surface area contributed by atoms with Crippen LogP contribution in [0.1, 0.15) is 38.1 Å². The number of para-hydroxylation sites is 1. The summed E-state index contributed by atoms with van der Waals surface area (Å²) in [4.78, 5) is 4.78. The van der Waals surface area contributed by atoms with Crippen LogP contribution >= 0.6 is 11.6 Å². The van der Waals surface area contributed by atoms with Crippen LogP contribution in [0.2, 0.25) is 0 Å². The fourth-order valence-electron chi connectivity index (χ4n) is 2.72. The lowest BCUT2D eigenvalue weighted by Gasteiger charge is -2.29. The second-order valence-electron chi connectivity index (χ2n) is 4.98. The number of ether oxygens (including phenoxy) is 1. The maximum Gasteiger partial charge on any atom is 0.147 e. The van der Waals surface area contributed by atoms with Crippen molar-refractivity contribution in [3.05, 3.63) is 24.0 Å². The second-order valence-corrected chi connectivity index (χ2v) is 5.36. The first-order valence-corrected chi connectivity index (χ1v) is 7.57. The van der Waals surface area contributed by atoms with Crippen LogP contribution < -0.4 is 4.74 Å². The van der Waals surface area contributed by atoms with Crippen molar-refractivity contribution >= 4 is 22.6 Å². The Morgan fingerprint density at radius 2 is 2.26 bits per heavy atom. The molecule has 0 unspecified atom stereocenters. The molecular formula is C15H19ClN2O. The van der Waals surface area contributed by atoms with Gasteiger partial charge in [-0.25, -0.2) is 4.98 Å². The highest BCUT2D eigenvalue weighted by Crippen LogP contribution is 2.37. The molecule has 0 amide bonds. The van der Waals surface area contributed by atoms with Crippen molar-refractivity contribution in [3.8, 4) is 5.75 Å². The van der Waals surface area contributed by atoms with E-state index in [0.29, 0.717) is 18.5 Å². The second kappa shape index (κ2) is 5.41. The fourth-order valence-corrected chi connectivity index (χ4v) is 2.89. The van der Waals surface area contributed by atoms with Crippen molar-refractivity contribution in [2.24, 2.45) is 0 Å². The van der Waals surface area contributed by atoms with Crippen molar-refractivity contribution in [1.82, 2.24) is 9.55 Å². The number of nitrogens with zero attached hydrogens (tertiary/aromatic N) is 2. The molecular weight excluding hydrogens is 260 g/mol. The van der Waals surface area contributed by atoms with Crippen LogP contribution in [0, 0.1) is 0 Å². The molecule has 4 heteroatoms. The first kappa shape index (κ1) is 12.8. The van der Waals surface area contributed by atoms with Gasteiger partial charge in [-0.05, 0) is 38.3 Å². The standard InChI is InChI=1S/C15H19ClN2O/c1-2-19-13-8-4-7-12-15(13)17-14(9-10-16)18(12)11-5-3-6-11/h4,7-8,11H,2-3,5-6,9-10H2,1H3. The number of aromatic nitrogens is 2. The first-order chi connectivity index (χ1) is 9.35. The van der Waals surface area contributed by atoms with Gasteiger partial charge in [-0.3, -0.25) is 0 Å². The van der Waals surface area contributed by atoms with Crippen LogP contribution in [-0.2, 0) is 6.42 Å². The summed E-state index contributed by atoms with van der Waals surface area (Å²) in [5.74, 6) is 2.59. The Morgan fingerprint density at radius 3 is 2.89 bits per heavy atom. The van der Waals surface area contributed by atoms with E-state index in [1.54, 1.807) is 0 Å². The summed E-state index contributed by atoms with van der Waals surface area (Å²) in [6, 6.07) is 6.78. The molecule has 1 fully saturated rings. The molecule has 1 aromatic heterocycles. The quantitative estimate of drug-likeness (QED) is 0.775. The van der Waals surface area contributed by atoms with Crippen LogP contribution in [0.3, 0.4) is 0 Å². The van der Waals surface area contributed by atoms with E-state index >= 15 is 0 Å². The zero-order valence-electron chi connectivity index (χ0n) is 11.2. The molecule has 0 aliphatic heterocycles. The highest BCUT2D eigenvalue weighted by atomic mass is 35.5. The van der Waals surface area contributed by atoms with Gasteiger partial charge >= 0.3 is 0 Å². The number of alkyl halides is 1. The summed E-state index contributed by atoms with van der Waals surface area (Å²) in [6.07, 6.45) is 4.63. The number of aryl methyl sites for hydroxylation is 1. The van der Waals surface area contributed by atoms with Gasteiger partial charge in [-0.15, -0.1) is 11.6 Å². The van der Waals surface area contributed by atoms with Gasteiger partial charge in [0.05, 0.1) is 12.1 Å². The highest BCUT2D eigenvalue weighted by molar-refractivity contribution is 6.17. The SMILES string of the molecule is CCOc1cccc2c1nc(CCCl)n2C1CCC1. The molecule has 0 radical (unpaired) electrons. The van der Waals surface area contributed by atoms with Gasteiger partial charge in [0.1, 0.15) is 17.1 Å². The van der Waals surface area contributed by atoms with E-state index in [4.69, 9.17) is 21.3 Å². The number of halogens is 1. The molecule has 1 aromatic carbocycles. The Balaban J connectivity index is 2.13. The lowest BCUT2D eigenvalue weighted by Crippen LogP contribution is -2.19. The van der Waals surface area contributed by atoms with E-state index in [0.717, 1.165) is 23.5 Å². The Labute approximate surface area is 118 Å². The van der Waals surface area contributed by atoms with Crippen LogP contribution in [0.15, 0.2) is 18.2 Å². The number of fused-ring (bicyclic) bond motifs is 1. The average molecular weight is 279 g/mol. The van der Waals surface area contributed by atoms with Gasteiger partial charge in [0, 0.05) is 18.3 Å². The molecule has 1 aliphatic rings. The molecule has 3 nitrogen and oxygen atoms in total. The van der Waals surface area contributed by atoms with Crippen molar-refractivity contribution in [2.45, 2.75) is 38.6 Å². The summed E-state index contributed by atoms with van der Waals surface area (Å²) in [5, 5.41) is 0. The molecule has 0 bridgehead atoms. The van der Waals surface area contributed by atoms with Gasteiger partial charge in [-0.1, -0.05) is 6.07 Å². The van der Waals surface area contributed by atoms with E-state index in [2.05, 4.69) is 16.7 Å². The Bertz CT molecular complexity index is 575. The molecule has 3 rings (SSSR count). The molecule has 0 atom stereocenters. The number of hydrogen-bond acceptors (Lipinski definition) is 2. The minimum absolute atomic E-state index is 0.597. The van der Waals surface area contributed by atoms with Gasteiger partial charge in [0.25, 0.3) is 0 Å². The Kier molecular flexibility index (Phi) is 3.65. The summed E-state index contributed by atoms with van der Waals surface area (Å²) in [6.45, 7) is 2.67. The van der Waals surface area contributed by atoms with Gasteiger partial charge in [0.2, 0.25) is 0 Å². The van der Waals surface area contributed by atoms with Gasteiger partial charge in [0.15, 0.2) is 0 Å². The van der Waals surface area contributed by atoms with Crippen LogP contribution in [0.4, 0.5) is 0 Å². The third-order valence-electron chi connectivity index (χ3n) is 3.81. The topological polar surface area (TPSA) is 27.1 Å². The molecule has 102 valence electrons. The average Bonchev–Trinajstić information content (AvgIpc) is 2.69. The molecule has 2 aromatic rings. The zero-order valence-corrected chi connectivity index (χ0v) is 12.0. The predicted molar refractivity (Wildman–Crippen MR) is 78.2 cm³/mol. The Morgan fingerprint density at radius 1 is 1.42 bits per heavy atom. The van der Waals surface area contributed by atoms with Crippen molar-refractivity contribution in [3.63, 3.8) is 0 Å². The molecule has 1 heterocycles. The summed E-state index contributed by atoms with van der Waals surface area (Å²) in [5.41, 5.74) is 2.17. The van der Waals surface area contributed by atoms with Crippen molar-refractivity contribution < 1.29 is 4.74 Å². The van der Waals surface area contributed by atoms with Crippen molar-refractivity contribution in [1.29, 1.82) is 0 Å². The fraction of sp³-hybridized carbons (Fsp3) is 0.533. The van der Waals surface area contributed by atoms with E-state index < -0.39 is 0 Å². The molecule has 0 N–H and O–H groups in total. The molecule has 0 spiro atoms. The van der Waals surface area contributed by atoms with Crippen LogP contribution in [0.5, 0.6) is 5.75 Å². The third kappa shape index (κ3) is 2.20. The lowest BCUT2D eigenvalue weighted by molar-refractivity contribution is 0.313. The molecule has 1 aliphatic carbocycles. The van der Waals surface area contributed by atoms with E-state index in [1.807, 2.05) is 13.0 Å². The van der Waals surface area contributed by atoms with Gasteiger partial charge in [-0.2, -0.15) is 0 Å². The van der Waals surface area contributed by atoms with E-state index in [9.17, 15) is 0 Å². The van der Waals surface area contributed by atoms with Crippen LogP contribution in [-0.4, -0.2) is 22.0 Å². The minimum atomic E-state index is 0.597. The maximum atomic E-state index is 5.92.